The van der Waals surface area contributed by atoms with E-state index in [1.807, 2.05) is 19.0 Å². The lowest BCUT2D eigenvalue weighted by atomic mass is 10.1. The molecule has 0 saturated carbocycles. The monoisotopic (exact) mass is 208 g/mol. The van der Waals surface area contributed by atoms with Crippen molar-refractivity contribution in [3.63, 3.8) is 0 Å². The van der Waals surface area contributed by atoms with Gasteiger partial charge in [-0.2, -0.15) is 0 Å². The zero-order valence-corrected chi connectivity index (χ0v) is 9.03. The topological polar surface area (TPSA) is 52.6 Å². The van der Waals surface area contributed by atoms with Crippen molar-refractivity contribution in [2.75, 3.05) is 20.8 Å². The molecule has 1 amide bonds. The minimum Gasteiger partial charge on any atom is -0.392 e. The minimum absolute atomic E-state index is 0.119. The van der Waals surface area contributed by atoms with Crippen LogP contribution in [0.25, 0.3) is 0 Å². The molecule has 0 aliphatic carbocycles. The molecule has 0 spiro atoms. The van der Waals surface area contributed by atoms with Gasteiger partial charge in [0.25, 0.3) is 5.91 Å². The van der Waals surface area contributed by atoms with Crippen LogP contribution in [0.1, 0.15) is 15.9 Å². The third kappa shape index (κ3) is 3.34. The third-order valence-corrected chi connectivity index (χ3v) is 1.99. The van der Waals surface area contributed by atoms with Crippen LogP contribution in [0.2, 0.25) is 0 Å². The van der Waals surface area contributed by atoms with E-state index in [9.17, 15) is 4.79 Å². The first-order chi connectivity index (χ1) is 7.15. The number of amides is 1. The molecule has 0 aliphatic heterocycles. The van der Waals surface area contributed by atoms with Gasteiger partial charge in [0, 0.05) is 5.56 Å². The Morgan fingerprint density at radius 1 is 1.40 bits per heavy atom. The normalized spacial score (nSPS) is 10.4. The van der Waals surface area contributed by atoms with Crippen LogP contribution in [0.3, 0.4) is 0 Å². The second-order valence-electron chi connectivity index (χ2n) is 3.56. The van der Waals surface area contributed by atoms with Gasteiger partial charge in [-0.1, -0.05) is 18.2 Å². The number of nitrogens with one attached hydrogen (secondary N) is 1. The van der Waals surface area contributed by atoms with Gasteiger partial charge in [0.05, 0.1) is 13.3 Å². The fourth-order valence-electron chi connectivity index (χ4n) is 1.20. The number of carbonyl (C=O) groups excluding carboxylic acids is 1. The lowest BCUT2D eigenvalue weighted by Crippen LogP contribution is -2.33. The van der Waals surface area contributed by atoms with Gasteiger partial charge in [0.2, 0.25) is 0 Å². The highest BCUT2D eigenvalue weighted by molar-refractivity contribution is 5.95. The number of nitrogens with zero attached hydrogens (tertiary/aromatic N) is 1. The van der Waals surface area contributed by atoms with Crippen LogP contribution in [-0.4, -0.2) is 36.7 Å². The number of carbonyl (C=O) groups is 1. The molecule has 0 radical (unpaired) electrons. The molecule has 0 saturated heterocycles. The Bertz CT molecular complexity index is 337. The van der Waals surface area contributed by atoms with Crippen LogP contribution >= 0.6 is 0 Å². The summed E-state index contributed by atoms with van der Waals surface area (Å²) in [6, 6.07) is 7.03. The minimum atomic E-state index is -0.159. The predicted octanol–water partition coefficient (Wildman–Crippen LogP) is 0.428. The summed E-state index contributed by atoms with van der Waals surface area (Å²) in [4.78, 5) is 13.5. The molecule has 0 aliphatic rings. The summed E-state index contributed by atoms with van der Waals surface area (Å²) >= 11 is 0. The van der Waals surface area contributed by atoms with Crippen LogP contribution in [0.4, 0.5) is 0 Å². The maximum Gasteiger partial charge on any atom is 0.252 e. The molecule has 15 heavy (non-hydrogen) atoms. The Morgan fingerprint density at radius 2 is 2.07 bits per heavy atom. The first-order valence-corrected chi connectivity index (χ1v) is 4.77. The number of aliphatic hydroxyl groups excluding tert-OH is 1. The van der Waals surface area contributed by atoms with Crippen molar-refractivity contribution < 1.29 is 9.90 Å². The van der Waals surface area contributed by atoms with E-state index in [2.05, 4.69) is 5.32 Å². The maximum absolute atomic E-state index is 11.7. The van der Waals surface area contributed by atoms with Crippen molar-refractivity contribution in [1.82, 2.24) is 10.2 Å². The molecular weight excluding hydrogens is 192 g/mol. The molecular formula is C11H16N2O2. The molecule has 1 rings (SSSR count). The van der Waals surface area contributed by atoms with E-state index in [1.165, 1.54) is 0 Å². The van der Waals surface area contributed by atoms with Gasteiger partial charge < -0.3 is 10.4 Å². The average molecular weight is 208 g/mol. The molecule has 2 N–H and O–H groups in total. The van der Waals surface area contributed by atoms with Crippen LogP contribution < -0.4 is 5.32 Å². The first kappa shape index (κ1) is 11.7. The summed E-state index contributed by atoms with van der Waals surface area (Å²) in [5, 5.41) is 11.8. The van der Waals surface area contributed by atoms with E-state index in [4.69, 9.17) is 5.11 Å². The SMILES string of the molecule is CN(C)CNC(=O)c1ccccc1CO. The van der Waals surface area contributed by atoms with Crippen LogP contribution in [0.15, 0.2) is 24.3 Å². The Morgan fingerprint density at radius 3 is 2.67 bits per heavy atom. The molecule has 0 atom stereocenters. The van der Waals surface area contributed by atoms with Crippen molar-refractivity contribution in [1.29, 1.82) is 0 Å². The Kier molecular flexibility index (Phi) is 4.27. The standard InChI is InChI=1S/C11H16N2O2/c1-13(2)8-12-11(15)10-6-4-3-5-9(10)7-14/h3-6,14H,7-8H2,1-2H3,(H,12,15). The second kappa shape index (κ2) is 5.48. The zero-order valence-electron chi connectivity index (χ0n) is 9.03. The van der Waals surface area contributed by atoms with Gasteiger partial charge in [-0.3, -0.25) is 9.69 Å². The molecule has 0 heterocycles. The molecule has 82 valence electrons. The van der Waals surface area contributed by atoms with E-state index in [0.29, 0.717) is 17.8 Å². The Balaban J connectivity index is 2.72. The smallest absolute Gasteiger partial charge is 0.252 e. The van der Waals surface area contributed by atoms with Crippen LogP contribution in [0.5, 0.6) is 0 Å². The van der Waals surface area contributed by atoms with E-state index in [1.54, 1.807) is 24.3 Å². The number of hydrogen-bond donors (Lipinski definition) is 2. The van der Waals surface area contributed by atoms with Crippen molar-refractivity contribution in [2.45, 2.75) is 6.61 Å². The molecule has 0 fully saturated rings. The van der Waals surface area contributed by atoms with Crippen LogP contribution in [-0.2, 0) is 6.61 Å². The first-order valence-electron chi connectivity index (χ1n) is 4.77. The van der Waals surface area contributed by atoms with Crippen molar-refractivity contribution in [2.24, 2.45) is 0 Å². The van der Waals surface area contributed by atoms with Gasteiger partial charge in [0.1, 0.15) is 0 Å². The Hall–Kier alpha value is -1.39. The van der Waals surface area contributed by atoms with Gasteiger partial charge in [-0.05, 0) is 25.7 Å². The van der Waals surface area contributed by atoms with E-state index < -0.39 is 0 Å². The number of benzene rings is 1. The lowest BCUT2D eigenvalue weighted by Gasteiger charge is -2.12. The summed E-state index contributed by atoms with van der Waals surface area (Å²) in [6.45, 7) is 0.365. The van der Waals surface area contributed by atoms with E-state index >= 15 is 0 Å². The maximum atomic E-state index is 11.7. The van der Waals surface area contributed by atoms with Crippen LogP contribution in [0, 0.1) is 0 Å². The second-order valence-corrected chi connectivity index (χ2v) is 3.56. The quantitative estimate of drug-likeness (QED) is 0.705. The highest BCUT2D eigenvalue weighted by Gasteiger charge is 2.09. The van der Waals surface area contributed by atoms with Gasteiger partial charge in [0.15, 0.2) is 0 Å². The van der Waals surface area contributed by atoms with Gasteiger partial charge in [-0.25, -0.2) is 0 Å². The fraction of sp³-hybridized carbons (Fsp3) is 0.364. The molecule has 4 heteroatoms. The summed E-state index contributed by atoms with van der Waals surface area (Å²) < 4.78 is 0. The number of hydrogen-bond acceptors (Lipinski definition) is 3. The summed E-state index contributed by atoms with van der Waals surface area (Å²) in [6.07, 6.45) is 0. The average Bonchev–Trinajstić information content (AvgIpc) is 2.25. The van der Waals surface area contributed by atoms with E-state index in [0.717, 1.165) is 0 Å². The van der Waals surface area contributed by atoms with Gasteiger partial charge >= 0.3 is 0 Å². The van der Waals surface area contributed by atoms with Crippen molar-refractivity contribution in [3.8, 4) is 0 Å². The predicted molar refractivity (Wildman–Crippen MR) is 58.4 cm³/mol. The zero-order chi connectivity index (χ0) is 11.3. The highest BCUT2D eigenvalue weighted by Crippen LogP contribution is 2.07. The fourth-order valence-corrected chi connectivity index (χ4v) is 1.20. The number of aliphatic hydroxyl groups is 1. The highest BCUT2D eigenvalue weighted by atomic mass is 16.3. The Labute approximate surface area is 89.5 Å². The van der Waals surface area contributed by atoms with E-state index in [-0.39, 0.29) is 12.5 Å². The summed E-state index contributed by atoms with van der Waals surface area (Å²) in [5.41, 5.74) is 1.18. The van der Waals surface area contributed by atoms with Gasteiger partial charge in [-0.15, -0.1) is 0 Å². The molecule has 0 bridgehead atoms. The molecule has 4 nitrogen and oxygen atoms in total. The largest absolute Gasteiger partial charge is 0.392 e. The molecule has 0 aromatic heterocycles. The third-order valence-electron chi connectivity index (χ3n) is 1.99. The van der Waals surface area contributed by atoms with Crippen molar-refractivity contribution >= 4 is 5.91 Å². The van der Waals surface area contributed by atoms with Crippen molar-refractivity contribution in [3.05, 3.63) is 35.4 Å². The summed E-state index contributed by atoms with van der Waals surface area (Å²) in [5.74, 6) is -0.159. The summed E-state index contributed by atoms with van der Waals surface area (Å²) in [7, 11) is 3.75. The number of rotatable bonds is 4. The molecule has 1 aromatic carbocycles. The molecule has 0 unspecified atom stereocenters. The lowest BCUT2D eigenvalue weighted by molar-refractivity contribution is 0.0932. The molecule has 1 aromatic rings.